The summed E-state index contributed by atoms with van der Waals surface area (Å²) < 4.78 is 17.1. The highest BCUT2D eigenvalue weighted by Crippen LogP contribution is 2.32. The lowest BCUT2D eigenvalue weighted by atomic mass is 9.80. The quantitative estimate of drug-likeness (QED) is 0.0148. The fourth-order valence-corrected chi connectivity index (χ4v) is 8.32. The van der Waals surface area contributed by atoms with E-state index in [9.17, 15) is 24.0 Å². The van der Waals surface area contributed by atoms with E-state index in [-0.39, 0.29) is 60.5 Å². The number of hydrogen-bond donors (Lipinski definition) is 5. The molecule has 1 saturated heterocycles. The number of aryl methyl sites for hydroxylation is 1. The van der Waals surface area contributed by atoms with Crippen LogP contribution in [0.5, 0.6) is 0 Å². The summed E-state index contributed by atoms with van der Waals surface area (Å²) in [5.41, 5.74) is 9.33. The Bertz CT molecular complexity index is 2340. The van der Waals surface area contributed by atoms with Crippen LogP contribution in [0, 0.1) is 29.1 Å². The topological polar surface area (TPSA) is 227 Å². The number of ether oxygens (including phenoxy) is 3. The number of nitriles is 1. The van der Waals surface area contributed by atoms with Crippen LogP contribution in [0.3, 0.4) is 0 Å². The average Bonchev–Trinajstić information content (AvgIpc) is 3.96. The molecule has 1 aromatic heterocycles. The van der Waals surface area contributed by atoms with Crippen molar-refractivity contribution in [2.24, 2.45) is 16.6 Å². The number of nitrogens with two attached hydrogens (primary N) is 1. The number of unbranched alkanes of at least 4 members (excludes halogenated alkanes) is 2. The van der Waals surface area contributed by atoms with E-state index in [1.54, 1.807) is 35.2 Å². The summed E-state index contributed by atoms with van der Waals surface area (Å²) in [6.07, 6.45) is 9.29. The van der Waals surface area contributed by atoms with Gasteiger partial charge in [0, 0.05) is 36.6 Å². The Morgan fingerprint density at radius 3 is 2.34 bits per heavy atom. The molecule has 1 fully saturated rings. The second-order valence-corrected chi connectivity index (χ2v) is 20.4. The maximum atomic E-state index is 14.3. The van der Waals surface area contributed by atoms with Crippen LogP contribution in [-0.4, -0.2) is 103 Å². The molecule has 0 radical (unpaired) electrons. The van der Waals surface area contributed by atoms with Crippen LogP contribution in [0.2, 0.25) is 0 Å². The van der Waals surface area contributed by atoms with Gasteiger partial charge in [-0.2, -0.15) is 5.26 Å². The zero-order chi connectivity index (χ0) is 53.1. The van der Waals surface area contributed by atoms with Crippen molar-refractivity contribution in [1.82, 2.24) is 31.2 Å². The monoisotopic (exact) mass is 1020 g/mol. The molecule has 16 nitrogen and oxygen atoms in total. The number of carbonyl (C=O) groups is 5. The second kappa shape index (κ2) is 28.1. The van der Waals surface area contributed by atoms with Crippen LogP contribution in [0.1, 0.15) is 98.4 Å². The highest BCUT2D eigenvalue weighted by atomic mass is 35.5. The van der Waals surface area contributed by atoms with E-state index in [4.69, 9.17) is 36.8 Å². The molecule has 4 amide bonds. The predicted octanol–water partition coefficient (Wildman–Crippen LogP) is 7.35. The van der Waals surface area contributed by atoms with E-state index in [1.807, 2.05) is 92.6 Å². The summed E-state index contributed by atoms with van der Waals surface area (Å²) in [5.74, 6) is -2.06. The maximum absolute atomic E-state index is 14.3. The van der Waals surface area contributed by atoms with Gasteiger partial charge in [-0.1, -0.05) is 96.3 Å². The van der Waals surface area contributed by atoms with E-state index in [2.05, 4.69) is 46.0 Å². The molecule has 6 atom stereocenters. The number of nitrogens with zero attached hydrogens (tertiary/aromatic N) is 3. The van der Waals surface area contributed by atoms with E-state index in [0.717, 1.165) is 34.5 Å². The first-order valence-electron chi connectivity index (χ1n) is 23.7. The SMILES string of the molecule is C=C/C(=C\C=C\NCCCCCOCC(=O)NC(C(=O)N1C[C@H](OC(=O)CN)C[C@H]1C(=O)N[C@@H](C)c1ccc(-c2scnc2C)cc1)C(C)(C)C)C(=O)N[C@@H](C)C(C)(C)[C@H](C)OC(=C)/C=C(/Cl)C(=C)C#N. The van der Waals surface area contributed by atoms with Gasteiger partial charge in [-0.15, -0.1) is 11.3 Å². The highest BCUT2D eigenvalue weighted by molar-refractivity contribution is 7.13. The van der Waals surface area contributed by atoms with Crippen LogP contribution in [0.15, 0.2) is 102 Å². The summed E-state index contributed by atoms with van der Waals surface area (Å²) >= 11 is 7.64. The second-order valence-electron chi connectivity index (χ2n) is 19.1. The number of nitrogens with one attached hydrogen (secondary N) is 4. The number of benzene rings is 1. The van der Waals surface area contributed by atoms with Crippen molar-refractivity contribution in [3.05, 3.63) is 113 Å². The van der Waals surface area contributed by atoms with Crippen LogP contribution in [0.25, 0.3) is 10.4 Å². The van der Waals surface area contributed by atoms with Gasteiger partial charge in [0.2, 0.25) is 17.7 Å². The fraction of sp³-hybridized carbons (Fsp3) is 0.491. The number of amides is 4. The molecule has 71 heavy (non-hydrogen) atoms. The third-order valence-corrected chi connectivity index (χ3v) is 13.7. The summed E-state index contributed by atoms with van der Waals surface area (Å²) in [7, 11) is 0. The van der Waals surface area contributed by atoms with Gasteiger partial charge in [0.15, 0.2) is 0 Å². The Morgan fingerprint density at radius 1 is 1.04 bits per heavy atom. The predicted molar refractivity (Wildman–Crippen MR) is 279 cm³/mol. The number of thiazole rings is 1. The van der Waals surface area contributed by atoms with Crippen LogP contribution in [0.4, 0.5) is 0 Å². The van der Waals surface area contributed by atoms with Gasteiger partial charge in [0.1, 0.15) is 42.7 Å². The molecule has 3 rings (SSSR count). The van der Waals surface area contributed by atoms with Gasteiger partial charge in [0.25, 0.3) is 5.91 Å². The number of rotatable bonds is 27. The van der Waals surface area contributed by atoms with Crippen molar-refractivity contribution >= 4 is 52.5 Å². The molecule has 6 N–H and O–H groups in total. The van der Waals surface area contributed by atoms with Gasteiger partial charge in [-0.3, -0.25) is 24.0 Å². The summed E-state index contributed by atoms with van der Waals surface area (Å²) in [5, 5.41) is 21.2. The molecular weight excluding hydrogens is 944 g/mol. The average molecular weight is 1020 g/mol. The van der Waals surface area contributed by atoms with E-state index >= 15 is 0 Å². The molecule has 0 aliphatic carbocycles. The Hall–Kier alpha value is -6.06. The minimum absolute atomic E-state index is 0.0416. The number of esters is 1. The van der Waals surface area contributed by atoms with Gasteiger partial charge in [0.05, 0.1) is 45.8 Å². The summed E-state index contributed by atoms with van der Waals surface area (Å²) in [4.78, 5) is 73.5. The Labute approximate surface area is 428 Å². The normalized spacial score (nSPS) is 17.0. The minimum Gasteiger partial charge on any atom is -0.491 e. The van der Waals surface area contributed by atoms with Gasteiger partial charge in [-0.05, 0) is 87.9 Å². The molecule has 386 valence electrons. The van der Waals surface area contributed by atoms with Gasteiger partial charge < -0.3 is 46.1 Å². The highest BCUT2D eigenvalue weighted by Gasteiger charge is 2.46. The van der Waals surface area contributed by atoms with Crippen molar-refractivity contribution in [3.8, 4) is 16.5 Å². The lowest BCUT2D eigenvalue weighted by molar-refractivity contribution is -0.148. The Morgan fingerprint density at radius 2 is 1.73 bits per heavy atom. The molecular formula is C53H73ClN8O8S. The fourth-order valence-electron chi connectivity index (χ4n) is 7.35. The molecule has 2 aromatic rings. The zero-order valence-electron chi connectivity index (χ0n) is 42.7. The summed E-state index contributed by atoms with van der Waals surface area (Å²) in [6.45, 7) is 28.5. The first kappa shape index (κ1) is 59.2. The van der Waals surface area contributed by atoms with Crippen molar-refractivity contribution in [1.29, 1.82) is 5.26 Å². The van der Waals surface area contributed by atoms with E-state index in [0.29, 0.717) is 25.1 Å². The largest absolute Gasteiger partial charge is 0.491 e. The van der Waals surface area contributed by atoms with Gasteiger partial charge >= 0.3 is 5.97 Å². The standard InChI is InChI=1S/C53H73ClN8O8S/c1-13-39(49(65)60-37(6)53(11,12)38(7)69-34(3)26-43(54)33(2)28-55)18-17-24-57-23-15-14-16-25-68-31-45(63)61-48(52(8,9)10)51(67)62-30-42(70-46(64)29-56)27-44(62)50(66)59-35(4)40-19-21-41(22-20-40)47-36(5)58-32-71-47/h13,17-22,24,26,32,35,37-38,42,44,48,57H,1-3,14-16,23,25,27,29-31,56H2,4-12H3,(H,59,66)(H,60,65)(H,61,63)/b24-17+,39-18+,43-26+/t35-,37-,38-,42+,44-,48?/m0/s1. The van der Waals surface area contributed by atoms with Gasteiger partial charge in [-0.25, -0.2) is 4.98 Å². The first-order chi connectivity index (χ1) is 33.4. The van der Waals surface area contributed by atoms with Crippen LogP contribution < -0.4 is 27.0 Å². The number of likely N-dealkylation sites (tertiary alicyclic amines) is 1. The number of halogens is 1. The molecule has 2 heterocycles. The van der Waals surface area contributed by atoms with Crippen molar-refractivity contribution in [2.75, 3.05) is 32.8 Å². The Kier molecular flexibility index (Phi) is 23.5. The number of aromatic nitrogens is 1. The number of carbonyl (C=O) groups excluding carboxylic acids is 5. The van der Waals surface area contributed by atoms with Crippen LogP contribution in [-0.2, 0) is 38.2 Å². The molecule has 0 bridgehead atoms. The van der Waals surface area contributed by atoms with Crippen molar-refractivity contribution in [3.63, 3.8) is 0 Å². The maximum Gasteiger partial charge on any atom is 0.320 e. The summed E-state index contributed by atoms with van der Waals surface area (Å²) in [6, 6.07) is 7.02. The minimum atomic E-state index is -1.02. The van der Waals surface area contributed by atoms with Crippen LogP contribution >= 0.6 is 22.9 Å². The van der Waals surface area contributed by atoms with Crippen molar-refractivity contribution < 1.29 is 38.2 Å². The molecule has 1 aliphatic rings. The molecule has 18 heteroatoms. The molecule has 0 spiro atoms. The number of allylic oxidation sites excluding steroid dienone is 5. The molecule has 1 unspecified atom stereocenters. The molecule has 1 aliphatic heterocycles. The first-order valence-corrected chi connectivity index (χ1v) is 24.9. The lowest BCUT2D eigenvalue weighted by Crippen LogP contribution is -2.58. The molecule has 0 saturated carbocycles. The van der Waals surface area contributed by atoms with Crippen molar-refractivity contribution in [2.45, 2.75) is 124 Å². The van der Waals surface area contributed by atoms with E-state index < -0.39 is 58.8 Å². The molecule has 1 aromatic carbocycles. The smallest absolute Gasteiger partial charge is 0.320 e. The third-order valence-electron chi connectivity index (χ3n) is 12.4. The zero-order valence-corrected chi connectivity index (χ0v) is 44.3. The lowest BCUT2D eigenvalue weighted by Gasteiger charge is -2.38. The number of hydrogen-bond acceptors (Lipinski definition) is 13. The third kappa shape index (κ3) is 18.2. The Balaban J connectivity index is 1.46. The van der Waals surface area contributed by atoms with E-state index in [1.165, 1.54) is 17.1 Å².